The third-order valence-corrected chi connectivity index (χ3v) is 7.01. The predicted octanol–water partition coefficient (Wildman–Crippen LogP) is 4.65. The van der Waals surface area contributed by atoms with Crippen LogP contribution < -0.4 is 15.0 Å². The summed E-state index contributed by atoms with van der Waals surface area (Å²) in [4.78, 5) is 22.4. The molecule has 0 radical (unpaired) electrons. The summed E-state index contributed by atoms with van der Waals surface area (Å²) in [5, 5.41) is 10.6. The van der Waals surface area contributed by atoms with Gasteiger partial charge in [0.2, 0.25) is 0 Å². The minimum absolute atomic E-state index is 0.115. The molecular formula is C24H23N3O3S. The SMILES string of the molecule is CCOc1cc2c(cc1/C=C(\C#N)c1nc3sc4c(c3c(=O)[nH]1)CCCC4)O[C@H](C)C2. The van der Waals surface area contributed by atoms with E-state index < -0.39 is 0 Å². The first kappa shape index (κ1) is 19.8. The summed E-state index contributed by atoms with van der Waals surface area (Å²) < 4.78 is 11.7. The lowest BCUT2D eigenvalue weighted by atomic mass is 9.97. The maximum atomic E-state index is 12.9. The van der Waals surface area contributed by atoms with E-state index in [1.165, 1.54) is 4.88 Å². The number of hydrogen-bond acceptors (Lipinski definition) is 6. The molecule has 0 unspecified atom stereocenters. The number of aromatic amines is 1. The van der Waals surface area contributed by atoms with Crippen LogP contribution in [-0.2, 0) is 19.3 Å². The van der Waals surface area contributed by atoms with Crippen LogP contribution in [-0.4, -0.2) is 22.7 Å². The molecule has 158 valence electrons. The van der Waals surface area contributed by atoms with Gasteiger partial charge in [-0.3, -0.25) is 4.79 Å². The summed E-state index contributed by atoms with van der Waals surface area (Å²) >= 11 is 1.58. The normalized spacial score (nSPS) is 17.7. The molecule has 0 saturated heterocycles. The van der Waals surface area contributed by atoms with Crippen LogP contribution in [0.15, 0.2) is 16.9 Å². The number of nitriles is 1. The van der Waals surface area contributed by atoms with Crippen LogP contribution in [0, 0.1) is 11.3 Å². The molecule has 0 bridgehead atoms. The van der Waals surface area contributed by atoms with Crippen LogP contribution in [0.5, 0.6) is 11.5 Å². The predicted molar refractivity (Wildman–Crippen MR) is 122 cm³/mol. The number of H-pyrrole nitrogens is 1. The minimum Gasteiger partial charge on any atom is -0.493 e. The fraction of sp³-hybridized carbons (Fsp3) is 0.375. The van der Waals surface area contributed by atoms with Crippen molar-refractivity contribution in [2.75, 3.05) is 6.61 Å². The Labute approximate surface area is 184 Å². The molecule has 2 aromatic heterocycles. The van der Waals surface area contributed by atoms with Gasteiger partial charge in [0.05, 0.1) is 17.6 Å². The Bertz CT molecular complexity index is 1310. The lowest BCUT2D eigenvalue weighted by Crippen LogP contribution is -2.12. The lowest BCUT2D eigenvalue weighted by Gasteiger charge is -2.11. The van der Waals surface area contributed by atoms with Gasteiger partial charge < -0.3 is 14.5 Å². The van der Waals surface area contributed by atoms with Crippen molar-refractivity contribution in [2.45, 2.75) is 52.1 Å². The van der Waals surface area contributed by atoms with Crippen LogP contribution in [0.4, 0.5) is 0 Å². The van der Waals surface area contributed by atoms with Crippen molar-refractivity contribution >= 4 is 33.2 Å². The van der Waals surface area contributed by atoms with Gasteiger partial charge in [-0.15, -0.1) is 11.3 Å². The van der Waals surface area contributed by atoms with Crippen LogP contribution >= 0.6 is 11.3 Å². The molecule has 0 saturated carbocycles. The van der Waals surface area contributed by atoms with Crippen molar-refractivity contribution in [3.8, 4) is 17.6 Å². The summed E-state index contributed by atoms with van der Waals surface area (Å²) in [5.74, 6) is 1.79. The van der Waals surface area contributed by atoms with Crippen molar-refractivity contribution in [1.29, 1.82) is 5.26 Å². The molecule has 1 aromatic carbocycles. The zero-order valence-electron chi connectivity index (χ0n) is 17.6. The molecule has 2 aliphatic rings. The number of ether oxygens (including phenoxy) is 2. The molecule has 3 heterocycles. The van der Waals surface area contributed by atoms with Crippen molar-refractivity contribution in [3.63, 3.8) is 0 Å². The molecule has 1 aliphatic heterocycles. The number of hydrogen-bond donors (Lipinski definition) is 1. The summed E-state index contributed by atoms with van der Waals surface area (Å²) in [6.07, 6.45) is 6.83. The Balaban J connectivity index is 1.62. The second-order valence-corrected chi connectivity index (χ2v) is 9.12. The Kier molecular flexibility index (Phi) is 5.03. The molecule has 1 aliphatic carbocycles. The van der Waals surface area contributed by atoms with Crippen LogP contribution in [0.3, 0.4) is 0 Å². The summed E-state index contributed by atoms with van der Waals surface area (Å²) in [7, 11) is 0. The Hall–Kier alpha value is -3.11. The van der Waals surface area contributed by atoms with Gasteiger partial charge in [0.1, 0.15) is 28.5 Å². The number of fused-ring (bicyclic) bond motifs is 4. The largest absolute Gasteiger partial charge is 0.493 e. The fourth-order valence-electron chi connectivity index (χ4n) is 4.45. The molecule has 3 aromatic rings. The highest BCUT2D eigenvalue weighted by atomic mass is 32.1. The van der Waals surface area contributed by atoms with Crippen molar-refractivity contribution < 1.29 is 9.47 Å². The third-order valence-electron chi connectivity index (χ3n) is 5.83. The average Bonchev–Trinajstić information content (AvgIpc) is 3.31. The van der Waals surface area contributed by atoms with E-state index in [1.807, 2.05) is 26.0 Å². The zero-order chi connectivity index (χ0) is 21.5. The number of aromatic nitrogens is 2. The molecule has 0 amide bonds. The van der Waals surface area contributed by atoms with Crippen molar-refractivity contribution in [2.24, 2.45) is 0 Å². The number of allylic oxidation sites excluding steroid dienone is 1. The lowest BCUT2D eigenvalue weighted by molar-refractivity contribution is 0.254. The number of rotatable bonds is 4. The molecule has 31 heavy (non-hydrogen) atoms. The van der Waals surface area contributed by atoms with Gasteiger partial charge in [0.25, 0.3) is 5.56 Å². The van der Waals surface area contributed by atoms with E-state index in [9.17, 15) is 10.1 Å². The first-order chi connectivity index (χ1) is 15.1. The van der Waals surface area contributed by atoms with E-state index >= 15 is 0 Å². The van der Waals surface area contributed by atoms with Gasteiger partial charge in [-0.05, 0) is 63.3 Å². The van der Waals surface area contributed by atoms with Crippen molar-refractivity contribution in [3.05, 3.63) is 49.9 Å². The molecule has 1 N–H and O–H groups in total. The molecule has 0 fully saturated rings. The highest BCUT2D eigenvalue weighted by Crippen LogP contribution is 2.37. The number of benzene rings is 1. The maximum absolute atomic E-state index is 12.9. The molecule has 7 heteroatoms. The van der Waals surface area contributed by atoms with E-state index in [-0.39, 0.29) is 23.1 Å². The van der Waals surface area contributed by atoms with E-state index in [2.05, 4.69) is 16.0 Å². The number of nitrogens with one attached hydrogen (secondary N) is 1. The van der Waals surface area contributed by atoms with E-state index in [0.29, 0.717) is 22.6 Å². The first-order valence-corrected chi connectivity index (χ1v) is 11.5. The number of aryl methyl sites for hydroxylation is 2. The van der Waals surface area contributed by atoms with Crippen LogP contribution in [0.1, 0.15) is 54.1 Å². The van der Waals surface area contributed by atoms with Gasteiger partial charge in [-0.1, -0.05) is 0 Å². The second-order valence-electron chi connectivity index (χ2n) is 8.04. The highest BCUT2D eigenvalue weighted by Gasteiger charge is 2.23. The highest BCUT2D eigenvalue weighted by molar-refractivity contribution is 7.18. The van der Waals surface area contributed by atoms with Gasteiger partial charge in [0, 0.05) is 22.4 Å². The Morgan fingerprint density at radius 1 is 1.42 bits per heavy atom. The summed E-state index contributed by atoms with van der Waals surface area (Å²) in [6.45, 7) is 4.47. The Morgan fingerprint density at radius 3 is 3.06 bits per heavy atom. The van der Waals surface area contributed by atoms with Gasteiger partial charge >= 0.3 is 0 Å². The van der Waals surface area contributed by atoms with E-state index in [0.717, 1.165) is 54.5 Å². The molecular weight excluding hydrogens is 410 g/mol. The molecule has 6 nitrogen and oxygen atoms in total. The smallest absolute Gasteiger partial charge is 0.260 e. The second kappa shape index (κ2) is 7.86. The fourth-order valence-corrected chi connectivity index (χ4v) is 5.71. The van der Waals surface area contributed by atoms with Gasteiger partial charge in [-0.2, -0.15) is 5.26 Å². The monoisotopic (exact) mass is 433 g/mol. The Morgan fingerprint density at radius 2 is 2.26 bits per heavy atom. The molecule has 0 spiro atoms. The maximum Gasteiger partial charge on any atom is 0.260 e. The number of thiophene rings is 1. The topological polar surface area (TPSA) is 88.0 Å². The van der Waals surface area contributed by atoms with Gasteiger partial charge in [-0.25, -0.2) is 4.98 Å². The van der Waals surface area contributed by atoms with E-state index in [1.54, 1.807) is 17.4 Å². The molecule has 5 rings (SSSR count). The third kappa shape index (κ3) is 3.51. The number of nitrogens with zero attached hydrogens (tertiary/aromatic N) is 2. The van der Waals surface area contributed by atoms with Crippen LogP contribution in [0.25, 0.3) is 21.9 Å². The first-order valence-electron chi connectivity index (χ1n) is 10.7. The standard InChI is InChI=1S/C24H23N3O3S/c1-3-29-18-10-14-8-13(2)30-19(14)11-15(18)9-16(12-25)22-26-23(28)21-17-6-4-5-7-20(17)31-24(21)27-22/h9-11,13H,3-8H2,1-2H3,(H,26,27,28)/b16-9+/t13-/m1/s1. The minimum atomic E-state index is -0.170. The van der Waals surface area contributed by atoms with Gasteiger partial charge in [0.15, 0.2) is 5.82 Å². The zero-order valence-corrected chi connectivity index (χ0v) is 18.4. The average molecular weight is 434 g/mol. The van der Waals surface area contributed by atoms with E-state index in [4.69, 9.17) is 9.47 Å². The van der Waals surface area contributed by atoms with Crippen molar-refractivity contribution in [1.82, 2.24) is 9.97 Å². The van der Waals surface area contributed by atoms with Crippen LogP contribution in [0.2, 0.25) is 0 Å². The summed E-state index contributed by atoms with van der Waals surface area (Å²) in [6, 6.07) is 6.09. The summed E-state index contributed by atoms with van der Waals surface area (Å²) in [5.41, 5.74) is 3.09. The molecule has 1 atom stereocenters. The quantitative estimate of drug-likeness (QED) is 0.605.